The van der Waals surface area contributed by atoms with Gasteiger partial charge in [0.1, 0.15) is 5.82 Å². The number of aromatic nitrogens is 3. The van der Waals surface area contributed by atoms with Gasteiger partial charge in [-0.15, -0.1) is 10.2 Å². The van der Waals surface area contributed by atoms with Gasteiger partial charge < -0.3 is 19.5 Å². The van der Waals surface area contributed by atoms with Gasteiger partial charge in [0.15, 0.2) is 0 Å². The molecular formula is C24H33N5O2. The molecule has 0 radical (unpaired) electrons. The van der Waals surface area contributed by atoms with Crippen LogP contribution in [-0.4, -0.2) is 58.6 Å². The van der Waals surface area contributed by atoms with Crippen molar-refractivity contribution in [3.8, 4) is 11.3 Å². The quantitative estimate of drug-likeness (QED) is 0.797. The zero-order chi connectivity index (χ0) is 21.4. The highest BCUT2D eigenvalue weighted by molar-refractivity contribution is 5.59. The standard InChI is InChI=1S/C24H33N5O2/c1-16-9-20(13-28(2)24(16)30)22-3-4-23(27-26-22)25-21-10-18-14-29(15-19(18)11-21)12-17-5-7-31-8-6-17/h3-4,9,13,17-19,21H,5-8,10-12,14-15H2,1-2H3,(H,25,27)/t18-,19+,21?. The monoisotopic (exact) mass is 423 g/mol. The molecule has 2 saturated heterocycles. The molecule has 0 bridgehead atoms. The second kappa shape index (κ2) is 8.71. The van der Waals surface area contributed by atoms with Crippen molar-refractivity contribution in [3.05, 3.63) is 40.3 Å². The summed E-state index contributed by atoms with van der Waals surface area (Å²) in [6, 6.07) is 6.36. The Hall–Kier alpha value is -2.25. The van der Waals surface area contributed by atoms with Gasteiger partial charge in [0.25, 0.3) is 5.56 Å². The van der Waals surface area contributed by atoms with Gasteiger partial charge in [-0.3, -0.25) is 4.79 Å². The van der Waals surface area contributed by atoms with E-state index < -0.39 is 0 Å². The maximum atomic E-state index is 11.9. The number of fused-ring (bicyclic) bond motifs is 1. The average molecular weight is 424 g/mol. The number of ether oxygens (including phenoxy) is 1. The van der Waals surface area contributed by atoms with E-state index in [1.54, 1.807) is 11.6 Å². The molecular weight excluding hydrogens is 390 g/mol. The highest BCUT2D eigenvalue weighted by Crippen LogP contribution is 2.39. The van der Waals surface area contributed by atoms with Crippen LogP contribution in [0.5, 0.6) is 0 Å². The Balaban J connectivity index is 1.15. The smallest absolute Gasteiger partial charge is 0.253 e. The van der Waals surface area contributed by atoms with E-state index in [2.05, 4.69) is 20.4 Å². The lowest BCUT2D eigenvalue weighted by molar-refractivity contribution is 0.0545. The molecule has 0 amide bonds. The van der Waals surface area contributed by atoms with Gasteiger partial charge >= 0.3 is 0 Å². The number of nitrogens with zero attached hydrogens (tertiary/aromatic N) is 4. The number of nitrogens with one attached hydrogen (secondary N) is 1. The van der Waals surface area contributed by atoms with Gasteiger partial charge in [0.2, 0.25) is 0 Å². The van der Waals surface area contributed by atoms with Crippen LogP contribution in [0.2, 0.25) is 0 Å². The van der Waals surface area contributed by atoms with Crippen LogP contribution in [0.25, 0.3) is 11.3 Å². The van der Waals surface area contributed by atoms with Crippen molar-refractivity contribution in [2.24, 2.45) is 24.8 Å². The van der Waals surface area contributed by atoms with Crippen LogP contribution in [0.3, 0.4) is 0 Å². The van der Waals surface area contributed by atoms with Gasteiger partial charge in [-0.05, 0) is 68.6 Å². The Labute approximate surface area is 183 Å². The fourth-order valence-corrected chi connectivity index (χ4v) is 5.75. The Kier molecular flexibility index (Phi) is 5.80. The predicted molar refractivity (Wildman–Crippen MR) is 121 cm³/mol. The summed E-state index contributed by atoms with van der Waals surface area (Å²) in [5.74, 6) is 3.27. The normalized spacial score (nSPS) is 26.8. The summed E-state index contributed by atoms with van der Waals surface area (Å²) in [6.45, 7) is 7.47. The van der Waals surface area contributed by atoms with Gasteiger partial charge in [0.05, 0.1) is 5.69 Å². The largest absolute Gasteiger partial charge is 0.381 e. The minimum Gasteiger partial charge on any atom is -0.381 e. The molecule has 3 atom stereocenters. The van der Waals surface area contributed by atoms with Crippen molar-refractivity contribution < 1.29 is 4.74 Å². The molecule has 3 aliphatic rings. The molecule has 0 spiro atoms. The van der Waals surface area contributed by atoms with E-state index in [4.69, 9.17) is 4.74 Å². The molecule has 166 valence electrons. The third-order valence-electron chi connectivity index (χ3n) is 7.36. The van der Waals surface area contributed by atoms with Gasteiger partial charge in [-0.25, -0.2) is 0 Å². The molecule has 3 fully saturated rings. The number of pyridine rings is 1. The molecule has 7 heteroatoms. The van der Waals surface area contributed by atoms with Crippen LogP contribution in [-0.2, 0) is 11.8 Å². The van der Waals surface area contributed by atoms with E-state index in [0.29, 0.717) is 11.6 Å². The lowest BCUT2D eigenvalue weighted by atomic mass is 10.00. The number of hydrogen-bond acceptors (Lipinski definition) is 6. The molecule has 4 heterocycles. The van der Waals surface area contributed by atoms with Crippen molar-refractivity contribution in [1.29, 1.82) is 0 Å². The summed E-state index contributed by atoms with van der Waals surface area (Å²) >= 11 is 0. The van der Waals surface area contributed by atoms with E-state index in [-0.39, 0.29) is 5.56 Å². The summed E-state index contributed by atoms with van der Waals surface area (Å²) in [5, 5.41) is 12.4. The highest BCUT2D eigenvalue weighted by atomic mass is 16.5. The van der Waals surface area contributed by atoms with Crippen LogP contribution in [0.15, 0.2) is 29.2 Å². The Morgan fingerprint density at radius 1 is 1.13 bits per heavy atom. The van der Waals surface area contributed by atoms with Gasteiger partial charge in [-0.1, -0.05) is 0 Å². The highest BCUT2D eigenvalue weighted by Gasteiger charge is 2.41. The Morgan fingerprint density at radius 2 is 1.87 bits per heavy atom. The second-order valence-corrected chi connectivity index (χ2v) is 9.74. The van der Waals surface area contributed by atoms with Crippen LogP contribution >= 0.6 is 0 Å². The summed E-state index contributed by atoms with van der Waals surface area (Å²) in [6.07, 6.45) is 6.71. The molecule has 2 aromatic heterocycles. The molecule has 1 unspecified atom stereocenters. The first kappa shape index (κ1) is 20.6. The zero-order valence-corrected chi connectivity index (χ0v) is 18.6. The van der Waals surface area contributed by atoms with Crippen molar-refractivity contribution in [2.45, 2.75) is 38.6 Å². The fraction of sp³-hybridized carbons (Fsp3) is 0.625. The summed E-state index contributed by atoms with van der Waals surface area (Å²) < 4.78 is 7.10. The SMILES string of the molecule is Cc1cc(-c2ccc(NC3C[C@@H]4CN(CC5CCOCC5)C[C@@H]4C3)nn2)cn(C)c1=O. The van der Waals surface area contributed by atoms with Crippen molar-refractivity contribution in [2.75, 3.05) is 38.2 Å². The number of hydrogen-bond donors (Lipinski definition) is 1. The lowest BCUT2D eigenvalue weighted by Crippen LogP contribution is -2.32. The van der Waals surface area contributed by atoms with Crippen LogP contribution in [0, 0.1) is 24.7 Å². The third kappa shape index (κ3) is 4.53. The van der Waals surface area contributed by atoms with Crippen LogP contribution in [0.1, 0.15) is 31.2 Å². The number of likely N-dealkylation sites (tertiary alicyclic amines) is 1. The minimum atomic E-state index is 0.0214. The Morgan fingerprint density at radius 3 is 2.52 bits per heavy atom. The minimum absolute atomic E-state index is 0.0214. The van der Waals surface area contributed by atoms with Crippen molar-refractivity contribution >= 4 is 5.82 Å². The van der Waals surface area contributed by atoms with Crippen molar-refractivity contribution in [3.63, 3.8) is 0 Å². The number of rotatable bonds is 5. The maximum Gasteiger partial charge on any atom is 0.253 e. The molecule has 2 aliphatic heterocycles. The van der Waals surface area contributed by atoms with Crippen LogP contribution in [0.4, 0.5) is 5.82 Å². The van der Waals surface area contributed by atoms with E-state index in [1.165, 1.54) is 45.3 Å². The van der Waals surface area contributed by atoms with Gasteiger partial charge in [0, 0.05) is 63.3 Å². The fourth-order valence-electron chi connectivity index (χ4n) is 5.75. The average Bonchev–Trinajstić information content (AvgIpc) is 3.31. The van der Waals surface area contributed by atoms with E-state index in [0.717, 1.165) is 48.0 Å². The lowest BCUT2D eigenvalue weighted by Gasteiger charge is -2.27. The molecule has 1 saturated carbocycles. The number of aryl methyl sites for hydroxylation is 2. The Bertz CT molecular complexity index is 927. The molecule has 1 aliphatic carbocycles. The van der Waals surface area contributed by atoms with Crippen LogP contribution < -0.4 is 10.9 Å². The molecule has 7 nitrogen and oxygen atoms in total. The predicted octanol–water partition coefficient (Wildman–Crippen LogP) is 2.70. The van der Waals surface area contributed by atoms with Gasteiger partial charge in [-0.2, -0.15) is 0 Å². The van der Waals surface area contributed by atoms with Crippen molar-refractivity contribution in [1.82, 2.24) is 19.7 Å². The first-order chi connectivity index (χ1) is 15.0. The first-order valence-electron chi connectivity index (χ1n) is 11.6. The first-order valence-corrected chi connectivity index (χ1v) is 11.6. The van der Waals surface area contributed by atoms with E-state index >= 15 is 0 Å². The second-order valence-electron chi connectivity index (χ2n) is 9.74. The maximum absolute atomic E-state index is 11.9. The summed E-state index contributed by atoms with van der Waals surface area (Å²) in [4.78, 5) is 14.6. The zero-order valence-electron chi connectivity index (χ0n) is 18.6. The molecule has 5 rings (SSSR count). The third-order valence-corrected chi connectivity index (χ3v) is 7.36. The van der Waals surface area contributed by atoms with E-state index in [1.807, 2.05) is 31.3 Å². The molecule has 1 N–H and O–H groups in total. The summed E-state index contributed by atoms with van der Waals surface area (Å²) in [5.41, 5.74) is 2.44. The number of anilines is 1. The molecule has 31 heavy (non-hydrogen) atoms. The molecule has 0 aromatic carbocycles. The summed E-state index contributed by atoms with van der Waals surface area (Å²) in [7, 11) is 1.77. The molecule has 2 aromatic rings. The topological polar surface area (TPSA) is 72.3 Å². The van der Waals surface area contributed by atoms with E-state index in [9.17, 15) is 4.79 Å².